The highest BCUT2D eigenvalue weighted by molar-refractivity contribution is 6.13. The number of carbonyl (C=O) groups excluding carboxylic acids is 4. The molecule has 0 bridgehead atoms. The van der Waals surface area contributed by atoms with Gasteiger partial charge < -0.3 is 19.4 Å². The zero-order chi connectivity index (χ0) is 28.1. The van der Waals surface area contributed by atoms with E-state index in [1.807, 2.05) is 12.1 Å². The lowest BCUT2D eigenvalue weighted by Crippen LogP contribution is -2.09. The highest BCUT2D eigenvalue weighted by Gasteiger charge is 2.29. The molecule has 0 fully saturated rings. The molecule has 2 aromatic carbocycles. The van der Waals surface area contributed by atoms with E-state index in [0.717, 1.165) is 0 Å². The lowest BCUT2D eigenvalue weighted by molar-refractivity contribution is 0.0510. The Bertz CT molecular complexity index is 1410. The van der Waals surface area contributed by atoms with E-state index in [2.05, 4.69) is 9.97 Å². The van der Waals surface area contributed by atoms with Crippen LogP contribution in [-0.4, -0.2) is 46.7 Å². The van der Waals surface area contributed by atoms with E-state index in [1.54, 1.807) is 76.2 Å². The first-order valence-corrected chi connectivity index (χ1v) is 12.7. The number of H-pyrrole nitrogens is 2. The highest BCUT2D eigenvalue weighted by Crippen LogP contribution is 2.29. The first kappa shape index (κ1) is 27.3. The smallest absolute Gasteiger partial charge is 0.355 e. The number of ketones is 2. The summed E-state index contributed by atoms with van der Waals surface area (Å²) in [5.74, 6) is -1.72. The van der Waals surface area contributed by atoms with Gasteiger partial charge in [-0.25, -0.2) is 9.59 Å². The summed E-state index contributed by atoms with van der Waals surface area (Å²) in [7, 11) is 0. The van der Waals surface area contributed by atoms with Gasteiger partial charge in [-0.15, -0.1) is 0 Å². The van der Waals surface area contributed by atoms with Crippen LogP contribution in [0.5, 0.6) is 0 Å². The average Bonchev–Trinajstić information content (AvgIpc) is 3.45. The molecule has 2 heterocycles. The van der Waals surface area contributed by atoms with Crippen molar-refractivity contribution in [3.05, 3.63) is 117 Å². The number of nitrogens with one attached hydrogen (secondary N) is 2. The number of carbonyl (C=O) groups is 4. The summed E-state index contributed by atoms with van der Waals surface area (Å²) in [5, 5.41) is 0. The SMILES string of the molecule is CCOC(=O)c1[nH]c(Cc2[nH]c(C(=O)OCC)c(C)c2C(=O)c2ccccc2)c(C(=O)c2ccccc2)c1C. The molecule has 0 aliphatic heterocycles. The normalized spacial score (nSPS) is 10.8. The van der Waals surface area contributed by atoms with Crippen molar-refractivity contribution in [2.45, 2.75) is 34.1 Å². The molecule has 0 aliphatic rings. The molecule has 2 aromatic heterocycles. The Hall–Kier alpha value is -4.72. The van der Waals surface area contributed by atoms with E-state index < -0.39 is 11.9 Å². The van der Waals surface area contributed by atoms with Gasteiger partial charge >= 0.3 is 11.9 Å². The zero-order valence-corrected chi connectivity index (χ0v) is 22.3. The van der Waals surface area contributed by atoms with Crippen LogP contribution < -0.4 is 0 Å². The molecule has 39 heavy (non-hydrogen) atoms. The number of hydrogen-bond donors (Lipinski definition) is 2. The van der Waals surface area contributed by atoms with Crippen molar-refractivity contribution in [1.29, 1.82) is 0 Å². The van der Waals surface area contributed by atoms with Gasteiger partial charge in [0.05, 0.1) is 13.2 Å². The van der Waals surface area contributed by atoms with E-state index in [9.17, 15) is 19.2 Å². The minimum Gasteiger partial charge on any atom is -0.461 e. The van der Waals surface area contributed by atoms with E-state index in [-0.39, 0.29) is 42.6 Å². The van der Waals surface area contributed by atoms with Gasteiger partial charge in [-0.1, -0.05) is 60.7 Å². The number of benzene rings is 2. The van der Waals surface area contributed by atoms with Crippen molar-refractivity contribution in [2.75, 3.05) is 13.2 Å². The molecule has 4 aromatic rings. The second-order valence-corrected chi connectivity index (χ2v) is 8.97. The first-order valence-electron chi connectivity index (χ1n) is 12.7. The number of esters is 2. The molecule has 0 amide bonds. The molecule has 0 atom stereocenters. The van der Waals surface area contributed by atoms with Gasteiger partial charge in [0.1, 0.15) is 11.4 Å². The van der Waals surface area contributed by atoms with Crippen LogP contribution in [0.2, 0.25) is 0 Å². The second kappa shape index (κ2) is 11.8. The lowest BCUT2D eigenvalue weighted by Gasteiger charge is -2.08. The van der Waals surface area contributed by atoms with Crippen LogP contribution in [0.1, 0.15) is 89.2 Å². The van der Waals surface area contributed by atoms with Crippen LogP contribution in [0.3, 0.4) is 0 Å². The fraction of sp³-hybridized carbons (Fsp3) is 0.226. The Labute approximate surface area is 226 Å². The monoisotopic (exact) mass is 526 g/mol. The van der Waals surface area contributed by atoms with E-state index in [4.69, 9.17) is 9.47 Å². The van der Waals surface area contributed by atoms with E-state index >= 15 is 0 Å². The van der Waals surface area contributed by atoms with Gasteiger partial charge in [0.15, 0.2) is 11.6 Å². The van der Waals surface area contributed by atoms with Crippen molar-refractivity contribution >= 4 is 23.5 Å². The third-order valence-electron chi connectivity index (χ3n) is 6.49. The molecule has 8 heteroatoms. The van der Waals surface area contributed by atoms with Gasteiger partial charge in [-0.05, 0) is 38.8 Å². The van der Waals surface area contributed by atoms with E-state index in [1.165, 1.54) is 0 Å². The molecular weight excluding hydrogens is 496 g/mol. The fourth-order valence-electron chi connectivity index (χ4n) is 4.66. The molecule has 0 aliphatic carbocycles. The van der Waals surface area contributed by atoms with Crippen LogP contribution in [-0.2, 0) is 15.9 Å². The predicted octanol–water partition coefficient (Wildman–Crippen LogP) is 5.37. The molecule has 0 spiro atoms. The summed E-state index contributed by atoms with van der Waals surface area (Å²) in [4.78, 5) is 58.9. The minimum atomic E-state index is -0.584. The summed E-state index contributed by atoms with van der Waals surface area (Å²) in [6.45, 7) is 7.11. The van der Waals surface area contributed by atoms with Crippen molar-refractivity contribution in [3.8, 4) is 0 Å². The molecule has 0 radical (unpaired) electrons. The molecular formula is C31H30N2O6. The van der Waals surface area contributed by atoms with Gasteiger partial charge in [-0.3, -0.25) is 9.59 Å². The van der Waals surface area contributed by atoms with Crippen LogP contribution >= 0.6 is 0 Å². The van der Waals surface area contributed by atoms with Crippen molar-refractivity contribution in [2.24, 2.45) is 0 Å². The highest BCUT2D eigenvalue weighted by atomic mass is 16.5. The number of rotatable bonds is 10. The first-order chi connectivity index (χ1) is 18.8. The summed E-state index contributed by atoms with van der Waals surface area (Å²) >= 11 is 0. The standard InChI is InChI=1S/C31H30N2O6/c1-5-38-30(36)26-18(3)24(28(34)20-13-9-7-10-14-20)22(32-26)17-23-25(29(35)21-15-11-8-12-16-21)19(4)27(33-23)31(37)39-6-2/h7-16,32-33H,5-6,17H2,1-4H3. The largest absolute Gasteiger partial charge is 0.461 e. The quantitative estimate of drug-likeness (QED) is 0.212. The number of hydrogen-bond acceptors (Lipinski definition) is 6. The van der Waals surface area contributed by atoms with Gasteiger partial charge in [0.25, 0.3) is 0 Å². The van der Waals surface area contributed by atoms with Crippen molar-refractivity contribution in [1.82, 2.24) is 9.97 Å². The molecule has 0 unspecified atom stereocenters. The maximum Gasteiger partial charge on any atom is 0.355 e. The summed E-state index contributed by atoms with van der Waals surface area (Å²) in [6.07, 6.45) is 0.0440. The molecule has 8 nitrogen and oxygen atoms in total. The zero-order valence-electron chi connectivity index (χ0n) is 22.3. The third kappa shape index (κ3) is 5.45. The van der Waals surface area contributed by atoms with Gasteiger partial charge in [0, 0.05) is 40.1 Å². The van der Waals surface area contributed by atoms with Crippen molar-refractivity contribution in [3.63, 3.8) is 0 Å². The maximum absolute atomic E-state index is 13.7. The lowest BCUT2D eigenvalue weighted by atomic mass is 9.94. The van der Waals surface area contributed by atoms with Crippen LogP contribution in [0.4, 0.5) is 0 Å². The Morgan fingerprint density at radius 3 is 1.31 bits per heavy atom. The third-order valence-corrected chi connectivity index (χ3v) is 6.49. The topological polar surface area (TPSA) is 118 Å². The number of ether oxygens (including phenoxy) is 2. The summed E-state index contributed by atoms with van der Waals surface area (Å²) in [5.41, 5.74) is 3.58. The van der Waals surface area contributed by atoms with Crippen LogP contribution in [0.25, 0.3) is 0 Å². The fourth-order valence-corrected chi connectivity index (χ4v) is 4.66. The average molecular weight is 527 g/mol. The Balaban J connectivity index is 1.88. The summed E-state index contributed by atoms with van der Waals surface area (Å²) in [6, 6.07) is 17.5. The minimum absolute atomic E-state index is 0.0440. The van der Waals surface area contributed by atoms with Gasteiger partial charge in [0.2, 0.25) is 0 Å². The molecule has 0 saturated carbocycles. The molecule has 200 valence electrons. The molecule has 2 N–H and O–H groups in total. The second-order valence-electron chi connectivity index (χ2n) is 8.97. The van der Waals surface area contributed by atoms with Crippen molar-refractivity contribution < 1.29 is 28.7 Å². The Kier molecular flexibility index (Phi) is 8.24. The number of aromatic amines is 2. The number of aromatic nitrogens is 2. The predicted molar refractivity (Wildman–Crippen MR) is 146 cm³/mol. The van der Waals surface area contributed by atoms with Crippen LogP contribution in [0, 0.1) is 13.8 Å². The van der Waals surface area contributed by atoms with E-state index in [0.29, 0.717) is 44.8 Å². The maximum atomic E-state index is 13.7. The Morgan fingerprint density at radius 1 is 0.615 bits per heavy atom. The molecule has 4 rings (SSSR count). The Morgan fingerprint density at radius 2 is 0.974 bits per heavy atom. The molecule has 0 saturated heterocycles. The van der Waals surface area contributed by atoms with Gasteiger partial charge in [-0.2, -0.15) is 0 Å². The summed E-state index contributed by atoms with van der Waals surface area (Å²) < 4.78 is 10.4. The van der Waals surface area contributed by atoms with Crippen LogP contribution in [0.15, 0.2) is 60.7 Å².